The van der Waals surface area contributed by atoms with Crippen molar-refractivity contribution in [2.75, 3.05) is 0 Å². The zero-order valence-corrected chi connectivity index (χ0v) is 12.6. The van der Waals surface area contributed by atoms with E-state index in [9.17, 15) is 5.21 Å². The lowest BCUT2D eigenvalue weighted by atomic mass is 9.43. The number of hydrogen-bond acceptors (Lipinski definition) is 3. The van der Waals surface area contributed by atoms with Crippen LogP contribution in [0, 0.1) is 17.3 Å². The van der Waals surface area contributed by atoms with Crippen LogP contribution < -0.4 is 5.32 Å². The zero-order chi connectivity index (χ0) is 14.4. The highest BCUT2D eigenvalue weighted by molar-refractivity contribution is 5.95. The molecular weight excluding hydrogens is 248 g/mol. The molecule has 2 bridgehead atoms. The Labute approximate surface area is 121 Å². The molecule has 0 aliphatic heterocycles. The van der Waals surface area contributed by atoms with Gasteiger partial charge in [0.05, 0.1) is 11.3 Å². The van der Waals surface area contributed by atoms with Crippen molar-refractivity contribution < 1.29 is 5.21 Å². The fourth-order valence-electron chi connectivity index (χ4n) is 4.24. The van der Waals surface area contributed by atoms with Gasteiger partial charge in [-0.05, 0) is 42.6 Å². The van der Waals surface area contributed by atoms with E-state index in [1.54, 1.807) is 0 Å². The smallest absolute Gasteiger partial charge is 0.0774 e. The maximum absolute atomic E-state index is 9.38. The fourth-order valence-corrected chi connectivity index (χ4v) is 4.24. The zero-order valence-electron chi connectivity index (χ0n) is 12.6. The third kappa shape index (κ3) is 1.87. The molecule has 4 rings (SSSR count). The summed E-state index contributed by atoms with van der Waals surface area (Å²) in [6.07, 6.45) is 2.16. The lowest BCUT2D eigenvalue weighted by Gasteiger charge is -2.64. The predicted molar refractivity (Wildman–Crippen MR) is 80.9 cm³/mol. The third-order valence-corrected chi connectivity index (χ3v) is 5.83. The predicted octanol–water partition coefficient (Wildman–Crippen LogP) is 3.43. The van der Waals surface area contributed by atoms with Crippen LogP contribution in [-0.2, 0) is 6.54 Å². The van der Waals surface area contributed by atoms with Gasteiger partial charge in [-0.2, -0.15) is 0 Å². The summed E-state index contributed by atoms with van der Waals surface area (Å²) in [5.41, 5.74) is 2.34. The number of fused-ring (bicyclic) bond motifs is 2. The lowest BCUT2D eigenvalue weighted by molar-refractivity contribution is -0.0739. The van der Waals surface area contributed by atoms with E-state index in [1.165, 1.54) is 12.0 Å². The van der Waals surface area contributed by atoms with Crippen LogP contribution in [0.4, 0.5) is 0 Å². The molecule has 108 valence electrons. The Morgan fingerprint density at radius 1 is 1.25 bits per heavy atom. The van der Waals surface area contributed by atoms with Crippen molar-refractivity contribution >= 4 is 5.71 Å². The van der Waals surface area contributed by atoms with E-state index in [2.05, 4.69) is 55.5 Å². The van der Waals surface area contributed by atoms with Gasteiger partial charge in [0.1, 0.15) is 0 Å². The van der Waals surface area contributed by atoms with Crippen molar-refractivity contribution in [3.8, 4) is 0 Å². The maximum Gasteiger partial charge on any atom is 0.0774 e. The molecule has 0 spiro atoms. The SMILES string of the molecule is CC1(NCc2ccccc2)/C(=N/O)CC2CC1C2(C)C. The molecular formula is C17H24N2O. The van der Waals surface area contributed by atoms with Crippen LogP contribution in [0.25, 0.3) is 0 Å². The van der Waals surface area contributed by atoms with E-state index in [0.717, 1.165) is 18.7 Å². The van der Waals surface area contributed by atoms with Gasteiger partial charge in [-0.15, -0.1) is 0 Å². The number of nitrogens with zero attached hydrogens (tertiary/aromatic N) is 1. The van der Waals surface area contributed by atoms with Crippen molar-refractivity contribution in [3.05, 3.63) is 35.9 Å². The van der Waals surface area contributed by atoms with Gasteiger partial charge in [-0.3, -0.25) is 0 Å². The van der Waals surface area contributed by atoms with Crippen LogP contribution in [0.2, 0.25) is 0 Å². The Balaban J connectivity index is 1.81. The summed E-state index contributed by atoms with van der Waals surface area (Å²) in [6.45, 7) is 7.71. The normalized spacial score (nSPS) is 36.6. The molecule has 0 amide bonds. The summed E-state index contributed by atoms with van der Waals surface area (Å²) < 4.78 is 0. The van der Waals surface area contributed by atoms with Crippen LogP contribution in [0.1, 0.15) is 39.2 Å². The minimum absolute atomic E-state index is 0.192. The molecule has 3 aliphatic rings. The molecule has 3 atom stereocenters. The van der Waals surface area contributed by atoms with Crippen LogP contribution >= 0.6 is 0 Å². The molecule has 1 aromatic rings. The Hall–Kier alpha value is -1.35. The molecule has 3 unspecified atom stereocenters. The van der Waals surface area contributed by atoms with Crippen LogP contribution in [0.3, 0.4) is 0 Å². The highest BCUT2D eigenvalue weighted by Gasteiger charge is 2.62. The van der Waals surface area contributed by atoms with E-state index in [0.29, 0.717) is 17.3 Å². The summed E-state index contributed by atoms with van der Waals surface area (Å²) in [7, 11) is 0. The number of hydrogen-bond donors (Lipinski definition) is 2. The molecule has 0 aromatic heterocycles. The van der Waals surface area contributed by atoms with Gasteiger partial charge in [0.2, 0.25) is 0 Å². The molecule has 1 aromatic carbocycles. The standard InChI is InChI=1S/C17H24N2O/c1-16(2)13-9-14(16)17(3,15(10-13)19-20)18-11-12-7-5-4-6-8-12/h4-8,13-14,18,20H,9-11H2,1-3H3/b19-15+. The van der Waals surface area contributed by atoms with E-state index in [4.69, 9.17) is 0 Å². The summed E-state index contributed by atoms with van der Waals surface area (Å²) in [4.78, 5) is 0. The molecule has 2 N–H and O–H groups in total. The largest absolute Gasteiger partial charge is 0.411 e. The second kappa shape index (κ2) is 4.59. The van der Waals surface area contributed by atoms with Crippen molar-refractivity contribution in [2.24, 2.45) is 22.4 Å². The van der Waals surface area contributed by atoms with Gasteiger partial charge in [0, 0.05) is 6.54 Å². The highest BCUT2D eigenvalue weighted by Crippen LogP contribution is 2.61. The minimum atomic E-state index is -0.192. The monoisotopic (exact) mass is 272 g/mol. The molecule has 3 fully saturated rings. The van der Waals surface area contributed by atoms with Gasteiger partial charge in [-0.1, -0.05) is 49.3 Å². The summed E-state index contributed by atoms with van der Waals surface area (Å²) >= 11 is 0. The van der Waals surface area contributed by atoms with Crippen molar-refractivity contribution in [3.63, 3.8) is 0 Å². The van der Waals surface area contributed by atoms with Gasteiger partial charge < -0.3 is 10.5 Å². The quantitative estimate of drug-likeness (QED) is 0.654. The van der Waals surface area contributed by atoms with Gasteiger partial charge in [-0.25, -0.2) is 0 Å². The molecule has 3 aliphatic carbocycles. The van der Waals surface area contributed by atoms with E-state index >= 15 is 0 Å². The molecule has 3 saturated carbocycles. The Morgan fingerprint density at radius 2 is 1.95 bits per heavy atom. The van der Waals surface area contributed by atoms with Gasteiger partial charge >= 0.3 is 0 Å². The van der Waals surface area contributed by atoms with Crippen molar-refractivity contribution in [2.45, 2.75) is 45.7 Å². The summed E-state index contributed by atoms with van der Waals surface area (Å²) in [5.74, 6) is 1.22. The minimum Gasteiger partial charge on any atom is -0.411 e. The maximum atomic E-state index is 9.38. The fraction of sp³-hybridized carbons (Fsp3) is 0.588. The highest BCUT2D eigenvalue weighted by atomic mass is 16.4. The Morgan fingerprint density at radius 3 is 2.55 bits per heavy atom. The van der Waals surface area contributed by atoms with Gasteiger partial charge in [0.15, 0.2) is 0 Å². The second-order valence-electron chi connectivity index (χ2n) is 7.10. The first kappa shape index (κ1) is 13.6. The second-order valence-corrected chi connectivity index (χ2v) is 7.10. The lowest BCUT2D eigenvalue weighted by Crippen LogP contribution is -2.70. The van der Waals surface area contributed by atoms with E-state index < -0.39 is 0 Å². The number of nitrogens with one attached hydrogen (secondary N) is 1. The number of oxime groups is 1. The molecule has 0 saturated heterocycles. The van der Waals surface area contributed by atoms with Crippen LogP contribution in [-0.4, -0.2) is 16.5 Å². The molecule has 20 heavy (non-hydrogen) atoms. The first-order valence-electron chi connectivity index (χ1n) is 7.49. The average molecular weight is 272 g/mol. The van der Waals surface area contributed by atoms with Crippen LogP contribution in [0.15, 0.2) is 35.5 Å². The Bertz CT molecular complexity index is 523. The van der Waals surface area contributed by atoms with Crippen molar-refractivity contribution in [1.29, 1.82) is 0 Å². The molecule has 0 radical (unpaired) electrons. The molecule has 3 heteroatoms. The Kier molecular flexibility index (Phi) is 3.13. The number of benzene rings is 1. The summed E-state index contributed by atoms with van der Waals surface area (Å²) in [5, 5.41) is 16.7. The van der Waals surface area contributed by atoms with Gasteiger partial charge in [0.25, 0.3) is 0 Å². The topological polar surface area (TPSA) is 44.6 Å². The van der Waals surface area contributed by atoms with E-state index in [1.807, 2.05) is 6.07 Å². The summed E-state index contributed by atoms with van der Waals surface area (Å²) in [6, 6.07) is 10.4. The molecule has 0 heterocycles. The van der Waals surface area contributed by atoms with Crippen LogP contribution in [0.5, 0.6) is 0 Å². The van der Waals surface area contributed by atoms with Crippen molar-refractivity contribution in [1.82, 2.24) is 5.32 Å². The molecule has 3 nitrogen and oxygen atoms in total. The van der Waals surface area contributed by atoms with E-state index in [-0.39, 0.29) is 5.54 Å². The average Bonchev–Trinajstić information content (AvgIpc) is 2.46. The first-order valence-corrected chi connectivity index (χ1v) is 7.49. The first-order chi connectivity index (χ1) is 9.48. The number of rotatable bonds is 3. The third-order valence-electron chi connectivity index (χ3n) is 5.83.